The normalized spacial score (nSPS) is 18.4. The SMILES string of the molecule is CCOC(=O)N(C)[C@H]1CC=C(c2ccc(F)cc2)CC1. The molecule has 1 aromatic rings. The Hall–Kier alpha value is -1.84. The molecule has 1 aliphatic carbocycles. The number of carbonyl (C=O) groups excluding carboxylic acids is 1. The van der Waals surface area contributed by atoms with Crippen molar-refractivity contribution in [3.8, 4) is 0 Å². The Kier molecular flexibility index (Phi) is 4.77. The Morgan fingerprint density at radius 3 is 2.65 bits per heavy atom. The molecular formula is C16H20FNO2. The van der Waals surface area contributed by atoms with Crippen LogP contribution in [0.25, 0.3) is 5.57 Å². The van der Waals surface area contributed by atoms with Crippen molar-refractivity contribution in [2.75, 3.05) is 13.7 Å². The van der Waals surface area contributed by atoms with Gasteiger partial charge in [0.25, 0.3) is 0 Å². The van der Waals surface area contributed by atoms with E-state index in [1.807, 2.05) is 0 Å². The van der Waals surface area contributed by atoms with Gasteiger partial charge in [0, 0.05) is 13.1 Å². The molecule has 0 radical (unpaired) electrons. The fourth-order valence-corrected chi connectivity index (χ4v) is 2.47. The molecule has 0 N–H and O–H groups in total. The van der Waals surface area contributed by atoms with Gasteiger partial charge in [-0.2, -0.15) is 0 Å². The minimum Gasteiger partial charge on any atom is -0.450 e. The molecule has 4 heteroatoms. The molecular weight excluding hydrogens is 257 g/mol. The first-order valence-corrected chi connectivity index (χ1v) is 6.96. The van der Waals surface area contributed by atoms with Crippen molar-refractivity contribution in [2.24, 2.45) is 0 Å². The molecule has 1 amide bonds. The van der Waals surface area contributed by atoms with E-state index in [0.717, 1.165) is 24.8 Å². The quantitative estimate of drug-likeness (QED) is 0.840. The minimum absolute atomic E-state index is 0.179. The summed E-state index contributed by atoms with van der Waals surface area (Å²) in [4.78, 5) is 13.3. The van der Waals surface area contributed by atoms with Crippen LogP contribution in [0.2, 0.25) is 0 Å². The van der Waals surface area contributed by atoms with E-state index in [9.17, 15) is 9.18 Å². The Labute approximate surface area is 119 Å². The second kappa shape index (κ2) is 6.55. The molecule has 0 spiro atoms. The number of amides is 1. The number of halogens is 1. The van der Waals surface area contributed by atoms with Crippen molar-refractivity contribution < 1.29 is 13.9 Å². The Bertz CT molecular complexity index is 496. The summed E-state index contributed by atoms with van der Waals surface area (Å²) >= 11 is 0. The van der Waals surface area contributed by atoms with Crippen LogP contribution in [0.3, 0.4) is 0 Å². The highest BCUT2D eigenvalue weighted by Gasteiger charge is 2.23. The van der Waals surface area contributed by atoms with Gasteiger partial charge in [0.15, 0.2) is 0 Å². The zero-order chi connectivity index (χ0) is 14.5. The zero-order valence-corrected chi connectivity index (χ0v) is 11.9. The smallest absolute Gasteiger partial charge is 0.409 e. The summed E-state index contributed by atoms with van der Waals surface area (Å²) in [6.07, 6.45) is 4.47. The summed E-state index contributed by atoms with van der Waals surface area (Å²) in [6.45, 7) is 2.20. The third-order valence-corrected chi connectivity index (χ3v) is 3.70. The van der Waals surface area contributed by atoms with Crippen molar-refractivity contribution in [3.05, 3.63) is 41.7 Å². The summed E-state index contributed by atoms with van der Waals surface area (Å²) in [5, 5.41) is 0. The van der Waals surface area contributed by atoms with Crippen LogP contribution in [0.15, 0.2) is 30.3 Å². The maximum Gasteiger partial charge on any atom is 0.409 e. The highest BCUT2D eigenvalue weighted by atomic mass is 19.1. The zero-order valence-electron chi connectivity index (χ0n) is 11.9. The number of ether oxygens (including phenoxy) is 1. The van der Waals surface area contributed by atoms with Gasteiger partial charge in [-0.05, 0) is 49.5 Å². The lowest BCUT2D eigenvalue weighted by Crippen LogP contribution is -2.38. The van der Waals surface area contributed by atoms with Gasteiger partial charge in [-0.1, -0.05) is 18.2 Å². The first-order valence-electron chi connectivity index (χ1n) is 6.96. The van der Waals surface area contributed by atoms with Crippen LogP contribution in [0.4, 0.5) is 9.18 Å². The van der Waals surface area contributed by atoms with Crippen molar-refractivity contribution in [1.29, 1.82) is 0 Å². The molecule has 0 fully saturated rings. The Morgan fingerprint density at radius 1 is 1.40 bits per heavy atom. The van der Waals surface area contributed by atoms with Crippen LogP contribution in [-0.2, 0) is 4.74 Å². The van der Waals surface area contributed by atoms with E-state index in [0.29, 0.717) is 6.61 Å². The van der Waals surface area contributed by atoms with Crippen LogP contribution in [0, 0.1) is 5.82 Å². The Morgan fingerprint density at radius 2 is 2.10 bits per heavy atom. The number of benzene rings is 1. The highest BCUT2D eigenvalue weighted by Crippen LogP contribution is 2.29. The topological polar surface area (TPSA) is 29.5 Å². The molecule has 1 aliphatic rings. The van der Waals surface area contributed by atoms with Crippen molar-refractivity contribution in [1.82, 2.24) is 4.90 Å². The average molecular weight is 277 g/mol. The third-order valence-electron chi connectivity index (χ3n) is 3.70. The number of rotatable bonds is 3. The lowest BCUT2D eigenvalue weighted by Gasteiger charge is -2.30. The molecule has 0 bridgehead atoms. The van der Waals surface area contributed by atoms with Gasteiger partial charge in [-0.15, -0.1) is 0 Å². The molecule has 20 heavy (non-hydrogen) atoms. The molecule has 0 heterocycles. The first-order chi connectivity index (χ1) is 9.61. The summed E-state index contributed by atoms with van der Waals surface area (Å²) in [5.41, 5.74) is 2.28. The van der Waals surface area contributed by atoms with Crippen LogP contribution in [0.1, 0.15) is 31.7 Å². The van der Waals surface area contributed by atoms with E-state index >= 15 is 0 Å². The average Bonchev–Trinajstić information content (AvgIpc) is 2.48. The fraction of sp³-hybridized carbons (Fsp3) is 0.438. The van der Waals surface area contributed by atoms with Crippen LogP contribution >= 0.6 is 0 Å². The molecule has 1 atom stereocenters. The van der Waals surface area contributed by atoms with Gasteiger partial charge in [-0.25, -0.2) is 9.18 Å². The molecule has 1 aromatic carbocycles. The third kappa shape index (κ3) is 3.38. The van der Waals surface area contributed by atoms with Crippen molar-refractivity contribution >= 4 is 11.7 Å². The first kappa shape index (κ1) is 14.6. The van der Waals surface area contributed by atoms with Gasteiger partial charge >= 0.3 is 6.09 Å². The number of nitrogens with zero attached hydrogens (tertiary/aromatic N) is 1. The van der Waals surface area contributed by atoms with E-state index in [2.05, 4.69) is 6.08 Å². The van der Waals surface area contributed by atoms with E-state index < -0.39 is 0 Å². The van der Waals surface area contributed by atoms with E-state index in [1.165, 1.54) is 17.7 Å². The maximum absolute atomic E-state index is 12.9. The van der Waals surface area contributed by atoms with Crippen molar-refractivity contribution in [2.45, 2.75) is 32.2 Å². The molecule has 108 valence electrons. The van der Waals surface area contributed by atoms with Gasteiger partial charge < -0.3 is 9.64 Å². The van der Waals surface area contributed by atoms with Crippen LogP contribution in [-0.4, -0.2) is 30.7 Å². The summed E-state index contributed by atoms with van der Waals surface area (Å²) < 4.78 is 17.9. The monoisotopic (exact) mass is 277 g/mol. The van der Waals surface area contributed by atoms with E-state index in [4.69, 9.17) is 4.74 Å². The van der Waals surface area contributed by atoms with Crippen LogP contribution < -0.4 is 0 Å². The standard InChI is InChI=1S/C16H20FNO2/c1-3-20-16(19)18(2)15-10-6-13(7-11-15)12-4-8-14(17)9-5-12/h4-6,8-9,15H,3,7,10-11H2,1-2H3/t15-/m0/s1. The Balaban J connectivity index is 1.99. The molecule has 3 nitrogen and oxygen atoms in total. The number of allylic oxidation sites excluding steroid dienone is 1. The van der Waals surface area contributed by atoms with Gasteiger partial charge in [-0.3, -0.25) is 0 Å². The van der Waals surface area contributed by atoms with E-state index in [-0.39, 0.29) is 18.0 Å². The second-order valence-electron chi connectivity index (χ2n) is 4.97. The number of carbonyl (C=O) groups is 1. The van der Waals surface area contributed by atoms with Gasteiger partial charge in [0.05, 0.1) is 6.61 Å². The van der Waals surface area contributed by atoms with Gasteiger partial charge in [0.1, 0.15) is 5.82 Å². The summed E-state index contributed by atoms with van der Waals surface area (Å²) in [6, 6.07) is 6.74. The van der Waals surface area contributed by atoms with Gasteiger partial charge in [0.2, 0.25) is 0 Å². The molecule has 0 aliphatic heterocycles. The second-order valence-corrected chi connectivity index (χ2v) is 4.97. The highest BCUT2D eigenvalue weighted by molar-refractivity contribution is 5.69. The predicted octanol–water partition coefficient (Wildman–Crippen LogP) is 3.85. The molecule has 2 rings (SSSR count). The minimum atomic E-state index is -0.267. The lowest BCUT2D eigenvalue weighted by atomic mass is 9.90. The molecule has 0 aromatic heterocycles. The number of hydrogen-bond donors (Lipinski definition) is 0. The van der Waals surface area contributed by atoms with Crippen LogP contribution in [0.5, 0.6) is 0 Å². The van der Waals surface area contributed by atoms with E-state index in [1.54, 1.807) is 31.0 Å². The molecule has 0 saturated carbocycles. The summed E-state index contributed by atoms with van der Waals surface area (Å²) in [7, 11) is 1.78. The summed E-state index contributed by atoms with van der Waals surface area (Å²) in [5.74, 6) is -0.218. The molecule has 0 saturated heterocycles. The predicted molar refractivity (Wildman–Crippen MR) is 76.8 cm³/mol. The van der Waals surface area contributed by atoms with Crippen molar-refractivity contribution in [3.63, 3.8) is 0 Å². The number of hydrogen-bond acceptors (Lipinski definition) is 2. The lowest BCUT2D eigenvalue weighted by molar-refractivity contribution is 0.0997. The largest absolute Gasteiger partial charge is 0.450 e. The molecule has 0 unspecified atom stereocenters. The fourth-order valence-electron chi connectivity index (χ4n) is 2.47. The maximum atomic E-state index is 12.9.